The SMILES string of the molecule is CC(C)(C)OC(=O)C(Br)(Br)C[Si](C)(C)C. The van der Waals surface area contributed by atoms with Gasteiger partial charge in [-0.05, 0) is 26.8 Å². The van der Waals surface area contributed by atoms with E-state index in [1.54, 1.807) is 0 Å². The van der Waals surface area contributed by atoms with E-state index < -0.39 is 16.9 Å². The van der Waals surface area contributed by atoms with Crippen LogP contribution in [0, 0.1) is 0 Å². The first-order valence-electron chi connectivity index (χ1n) is 4.95. The van der Waals surface area contributed by atoms with Crippen LogP contribution in [-0.2, 0) is 9.53 Å². The van der Waals surface area contributed by atoms with Gasteiger partial charge in [-0.3, -0.25) is 0 Å². The quantitative estimate of drug-likeness (QED) is 0.429. The maximum atomic E-state index is 11.9. The molecule has 2 nitrogen and oxygen atoms in total. The van der Waals surface area contributed by atoms with Gasteiger partial charge in [-0.1, -0.05) is 51.5 Å². The van der Waals surface area contributed by atoms with Gasteiger partial charge in [0.05, 0.1) is 0 Å². The van der Waals surface area contributed by atoms with Gasteiger partial charge in [0.2, 0.25) is 0 Å². The fraction of sp³-hybridized carbons (Fsp3) is 0.900. The lowest BCUT2D eigenvalue weighted by atomic mass is 10.2. The van der Waals surface area contributed by atoms with Gasteiger partial charge in [0.1, 0.15) is 5.60 Å². The molecule has 0 aromatic heterocycles. The first-order chi connectivity index (χ1) is 6.33. The monoisotopic (exact) mass is 358 g/mol. The van der Waals surface area contributed by atoms with E-state index >= 15 is 0 Å². The van der Waals surface area contributed by atoms with Gasteiger partial charge in [-0.15, -0.1) is 0 Å². The highest BCUT2D eigenvalue weighted by Crippen LogP contribution is 2.37. The van der Waals surface area contributed by atoms with E-state index in [2.05, 4.69) is 51.5 Å². The van der Waals surface area contributed by atoms with E-state index in [-0.39, 0.29) is 5.97 Å². The molecule has 0 aliphatic heterocycles. The maximum Gasteiger partial charge on any atom is 0.334 e. The molecule has 0 atom stereocenters. The predicted molar refractivity (Wildman–Crippen MR) is 74.6 cm³/mol. The summed E-state index contributed by atoms with van der Waals surface area (Å²) < 4.78 is 4.61. The van der Waals surface area contributed by atoms with Crippen LogP contribution in [0.1, 0.15) is 20.8 Å². The number of hydrogen-bond donors (Lipinski definition) is 0. The zero-order chi connectivity index (χ0) is 12.5. The maximum absolute atomic E-state index is 11.9. The Balaban J connectivity index is 4.54. The second-order valence-electron chi connectivity index (χ2n) is 5.94. The summed E-state index contributed by atoms with van der Waals surface area (Å²) in [6.07, 6.45) is 0. The van der Waals surface area contributed by atoms with Crippen LogP contribution in [0.2, 0.25) is 25.7 Å². The molecule has 0 aromatic carbocycles. The highest BCUT2D eigenvalue weighted by atomic mass is 79.9. The molecule has 5 heteroatoms. The highest BCUT2D eigenvalue weighted by molar-refractivity contribution is 9.26. The van der Waals surface area contributed by atoms with Crippen molar-refractivity contribution in [3.63, 3.8) is 0 Å². The third-order valence-corrected chi connectivity index (χ3v) is 5.28. The number of hydrogen-bond acceptors (Lipinski definition) is 2. The topological polar surface area (TPSA) is 26.3 Å². The van der Waals surface area contributed by atoms with Gasteiger partial charge in [0.25, 0.3) is 0 Å². The van der Waals surface area contributed by atoms with Gasteiger partial charge in [-0.2, -0.15) is 0 Å². The standard InChI is InChI=1S/C10H20Br2O2Si/c1-9(2,3)14-8(13)10(11,12)7-15(4,5)6/h7H2,1-6H3. The number of carbonyl (C=O) groups is 1. The molecule has 0 rings (SSSR count). The van der Waals surface area contributed by atoms with E-state index in [0.717, 1.165) is 6.04 Å². The summed E-state index contributed by atoms with van der Waals surface area (Å²) in [5.41, 5.74) is -0.441. The first-order valence-corrected chi connectivity index (χ1v) is 10.2. The number of rotatable bonds is 3. The van der Waals surface area contributed by atoms with Crippen molar-refractivity contribution in [2.75, 3.05) is 0 Å². The third-order valence-electron chi connectivity index (χ3n) is 1.45. The number of halogens is 2. The second kappa shape index (κ2) is 4.88. The van der Waals surface area contributed by atoms with Crippen LogP contribution in [0.15, 0.2) is 0 Å². The van der Waals surface area contributed by atoms with Crippen molar-refractivity contribution in [1.29, 1.82) is 0 Å². The molecule has 90 valence electrons. The van der Waals surface area contributed by atoms with Crippen molar-refractivity contribution in [3.05, 3.63) is 0 Å². The zero-order valence-electron chi connectivity index (χ0n) is 10.3. The van der Waals surface area contributed by atoms with Crippen molar-refractivity contribution in [2.24, 2.45) is 0 Å². The smallest absolute Gasteiger partial charge is 0.334 e. The molecule has 0 aromatic rings. The van der Waals surface area contributed by atoms with Gasteiger partial charge >= 0.3 is 5.97 Å². The molecular formula is C10H20Br2O2Si. The Morgan fingerprint density at radius 1 is 1.20 bits per heavy atom. The van der Waals surface area contributed by atoms with Crippen LogP contribution in [0.4, 0.5) is 0 Å². The lowest BCUT2D eigenvalue weighted by Crippen LogP contribution is -2.39. The zero-order valence-corrected chi connectivity index (χ0v) is 14.5. The minimum atomic E-state index is -1.33. The largest absolute Gasteiger partial charge is 0.458 e. The first kappa shape index (κ1) is 15.6. The minimum Gasteiger partial charge on any atom is -0.458 e. The number of ether oxygens (including phenoxy) is 1. The average Bonchev–Trinajstić information content (AvgIpc) is 1.75. The second-order valence-corrected chi connectivity index (χ2v) is 15.2. The van der Waals surface area contributed by atoms with Crippen LogP contribution in [-0.4, -0.2) is 22.9 Å². The molecule has 0 heterocycles. The summed E-state index contributed by atoms with van der Waals surface area (Å²) in [6, 6.07) is 0.801. The summed E-state index contributed by atoms with van der Waals surface area (Å²) in [7, 11) is -1.33. The fourth-order valence-electron chi connectivity index (χ4n) is 1.09. The molecule has 0 fully saturated rings. The van der Waals surface area contributed by atoms with Crippen LogP contribution >= 0.6 is 31.9 Å². The molecular weight excluding hydrogens is 340 g/mol. The molecule has 0 aliphatic rings. The fourth-order valence-corrected chi connectivity index (χ4v) is 7.78. The van der Waals surface area contributed by atoms with Gasteiger partial charge < -0.3 is 4.74 Å². The molecule has 0 bridgehead atoms. The van der Waals surface area contributed by atoms with Gasteiger partial charge in [0.15, 0.2) is 3.23 Å². The molecule has 0 radical (unpaired) electrons. The van der Waals surface area contributed by atoms with Crippen molar-refractivity contribution in [2.45, 2.75) is 55.3 Å². The van der Waals surface area contributed by atoms with Crippen LogP contribution < -0.4 is 0 Å². The van der Waals surface area contributed by atoms with Crippen LogP contribution in [0.3, 0.4) is 0 Å². The summed E-state index contributed by atoms with van der Waals surface area (Å²) in [6.45, 7) is 12.3. The molecule has 0 saturated carbocycles. The van der Waals surface area contributed by atoms with E-state index in [9.17, 15) is 4.79 Å². The summed E-state index contributed by atoms with van der Waals surface area (Å²) >= 11 is 6.83. The van der Waals surface area contributed by atoms with Crippen molar-refractivity contribution in [1.82, 2.24) is 0 Å². The highest BCUT2D eigenvalue weighted by Gasteiger charge is 2.40. The minimum absolute atomic E-state index is 0.238. The molecule has 0 unspecified atom stereocenters. The Morgan fingerprint density at radius 3 is 1.87 bits per heavy atom. The summed E-state index contributed by atoms with van der Waals surface area (Å²) in [5, 5.41) is 0. The van der Waals surface area contributed by atoms with Crippen LogP contribution in [0.5, 0.6) is 0 Å². The van der Waals surface area contributed by atoms with Gasteiger partial charge in [0, 0.05) is 8.07 Å². The molecule has 0 N–H and O–H groups in total. The summed E-state index contributed by atoms with van der Waals surface area (Å²) in [4.78, 5) is 11.9. The molecule has 0 spiro atoms. The van der Waals surface area contributed by atoms with E-state index in [1.807, 2.05) is 20.8 Å². The molecule has 0 aliphatic carbocycles. The normalized spacial score (nSPS) is 13.9. The van der Waals surface area contributed by atoms with Crippen molar-refractivity contribution >= 4 is 45.9 Å². The Kier molecular flexibility index (Phi) is 5.09. The van der Waals surface area contributed by atoms with Crippen LogP contribution in [0.25, 0.3) is 0 Å². The number of alkyl halides is 2. The predicted octanol–water partition coefficient (Wildman–Crippen LogP) is 4.15. The Labute approximate surface area is 110 Å². The van der Waals surface area contributed by atoms with Crippen molar-refractivity contribution in [3.8, 4) is 0 Å². The van der Waals surface area contributed by atoms with E-state index in [0.29, 0.717) is 0 Å². The molecule has 0 saturated heterocycles. The lowest BCUT2D eigenvalue weighted by Gasteiger charge is -2.29. The summed E-state index contributed by atoms with van der Waals surface area (Å²) in [5.74, 6) is -0.238. The van der Waals surface area contributed by atoms with E-state index in [1.165, 1.54) is 0 Å². The Morgan fingerprint density at radius 2 is 1.60 bits per heavy atom. The molecule has 0 amide bonds. The lowest BCUT2D eigenvalue weighted by molar-refractivity contribution is -0.154. The van der Waals surface area contributed by atoms with E-state index in [4.69, 9.17) is 4.74 Å². The van der Waals surface area contributed by atoms with Gasteiger partial charge in [-0.25, -0.2) is 4.79 Å². The Bertz CT molecular complexity index is 239. The molecule has 15 heavy (non-hydrogen) atoms. The van der Waals surface area contributed by atoms with Crippen molar-refractivity contribution < 1.29 is 9.53 Å². The Hall–Kier alpha value is 0.647. The number of carbonyl (C=O) groups excluding carboxylic acids is 1. The number of esters is 1. The average molecular weight is 360 g/mol. The third kappa shape index (κ3) is 7.52.